The first kappa shape index (κ1) is 12.5. The third-order valence-electron chi connectivity index (χ3n) is 2.95. The highest BCUT2D eigenvalue weighted by atomic mass is 16.4. The maximum absolute atomic E-state index is 11.6. The van der Waals surface area contributed by atoms with Crippen molar-refractivity contribution in [2.75, 3.05) is 0 Å². The molecule has 1 amide bonds. The maximum Gasteiger partial charge on any atom is 0.304 e. The van der Waals surface area contributed by atoms with E-state index in [0.29, 0.717) is 12.8 Å². The van der Waals surface area contributed by atoms with Crippen molar-refractivity contribution in [2.45, 2.75) is 25.3 Å². The second-order valence-corrected chi connectivity index (χ2v) is 4.03. The fourth-order valence-electron chi connectivity index (χ4n) is 2.24. The van der Waals surface area contributed by atoms with Crippen molar-refractivity contribution in [2.24, 2.45) is 11.8 Å². The topological polar surface area (TPSA) is 66.4 Å². The van der Waals surface area contributed by atoms with Gasteiger partial charge in [-0.1, -0.05) is 12.2 Å². The summed E-state index contributed by atoms with van der Waals surface area (Å²) in [6.45, 7) is 7.28. The first-order valence-corrected chi connectivity index (χ1v) is 5.34. The van der Waals surface area contributed by atoms with Crippen molar-refractivity contribution < 1.29 is 14.7 Å². The van der Waals surface area contributed by atoms with Crippen LogP contribution in [0.15, 0.2) is 25.3 Å². The van der Waals surface area contributed by atoms with Crippen LogP contribution in [0.4, 0.5) is 0 Å². The molecule has 0 aromatic carbocycles. The Morgan fingerprint density at radius 1 is 1.38 bits per heavy atom. The number of hydrogen-bond donors (Lipinski definition) is 2. The van der Waals surface area contributed by atoms with Crippen LogP contribution in [0.5, 0.6) is 0 Å². The van der Waals surface area contributed by atoms with Gasteiger partial charge in [0.15, 0.2) is 0 Å². The number of nitrogens with one attached hydrogen (secondary N) is 1. The average Bonchev–Trinajstić information content (AvgIpc) is 2.47. The Hall–Kier alpha value is -1.58. The van der Waals surface area contributed by atoms with Crippen LogP contribution < -0.4 is 5.32 Å². The molecule has 1 rings (SSSR count). The maximum atomic E-state index is 11.6. The monoisotopic (exact) mass is 223 g/mol. The lowest BCUT2D eigenvalue weighted by Crippen LogP contribution is -2.28. The SMILES string of the molecule is C=CCC1NC(=O)C(CC(=O)O)C1CC=C. The first-order valence-electron chi connectivity index (χ1n) is 5.34. The number of hydrogen-bond acceptors (Lipinski definition) is 2. The number of carboxylic acids is 1. The zero-order chi connectivity index (χ0) is 12.1. The Morgan fingerprint density at radius 3 is 2.50 bits per heavy atom. The molecule has 2 N–H and O–H groups in total. The summed E-state index contributed by atoms with van der Waals surface area (Å²) in [5.74, 6) is -1.53. The third kappa shape index (κ3) is 2.72. The Kier molecular flexibility index (Phi) is 4.28. The summed E-state index contributed by atoms with van der Waals surface area (Å²) in [6.07, 6.45) is 4.67. The number of carboxylic acid groups (broad SMARTS) is 1. The first-order chi connectivity index (χ1) is 7.60. The van der Waals surface area contributed by atoms with Gasteiger partial charge in [0.2, 0.25) is 5.91 Å². The summed E-state index contributed by atoms with van der Waals surface area (Å²) in [6, 6.07) is -0.00708. The lowest BCUT2D eigenvalue weighted by molar-refractivity contribution is -0.140. The standard InChI is InChI=1S/C12H17NO3/c1-3-5-8-9(7-11(14)15)12(16)13-10(8)6-4-2/h3-4,8-10H,1-2,5-7H2,(H,13,16)(H,14,15). The molecule has 1 saturated heterocycles. The molecule has 3 atom stereocenters. The van der Waals surface area contributed by atoms with Crippen LogP contribution in [0.1, 0.15) is 19.3 Å². The van der Waals surface area contributed by atoms with Gasteiger partial charge in [-0.05, 0) is 18.8 Å². The largest absolute Gasteiger partial charge is 0.481 e. The molecule has 4 heteroatoms. The van der Waals surface area contributed by atoms with Crippen LogP contribution >= 0.6 is 0 Å². The Balaban J connectivity index is 2.79. The van der Waals surface area contributed by atoms with Crippen LogP contribution in [0.3, 0.4) is 0 Å². The molecule has 88 valence electrons. The number of rotatable bonds is 6. The average molecular weight is 223 g/mol. The predicted octanol–water partition coefficient (Wildman–Crippen LogP) is 1.34. The predicted molar refractivity (Wildman–Crippen MR) is 60.8 cm³/mol. The van der Waals surface area contributed by atoms with Crippen molar-refractivity contribution >= 4 is 11.9 Å². The van der Waals surface area contributed by atoms with Gasteiger partial charge in [0.25, 0.3) is 0 Å². The highest BCUT2D eigenvalue weighted by molar-refractivity contribution is 5.85. The highest BCUT2D eigenvalue weighted by Gasteiger charge is 2.41. The molecule has 0 radical (unpaired) electrons. The van der Waals surface area contributed by atoms with Gasteiger partial charge < -0.3 is 10.4 Å². The van der Waals surface area contributed by atoms with Crippen molar-refractivity contribution in [3.63, 3.8) is 0 Å². The zero-order valence-corrected chi connectivity index (χ0v) is 9.19. The van der Waals surface area contributed by atoms with E-state index in [1.807, 2.05) is 0 Å². The Bertz CT molecular complexity index is 311. The normalized spacial score (nSPS) is 28.5. The molecule has 4 nitrogen and oxygen atoms in total. The minimum absolute atomic E-state index is 0.00708. The van der Waals surface area contributed by atoms with Gasteiger partial charge in [-0.3, -0.25) is 9.59 Å². The minimum Gasteiger partial charge on any atom is -0.481 e. The summed E-state index contributed by atoms with van der Waals surface area (Å²) >= 11 is 0. The number of allylic oxidation sites excluding steroid dienone is 1. The summed E-state index contributed by atoms with van der Waals surface area (Å²) in [5.41, 5.74) is 0. The molecule has 0 saturated carbocycles. The lowest BCUT2D eigenvalue weighted by Gasteiger charge is -2.19. The quantitative estimate of drug-likeness (QED) is 0.668. The van der Waals surface area contributed by atoms with Crippen LogP contribution in [0.2, 0.25) is 0 Å². The van der Waals surface area contributed by atoms with Crippen molar-refractivity contribution in [3.05, 3.63) is 25.3 Å². The summed E-state index contributed by atoms with van der Waals surface area (Å²) in [5, 5.41) is 11.6. The summed E-state index contributed by atoms with van der Waals surface area (Å²) in [4.78, 5) is 22.3. The molecule has 0 aliphatic carbocycles. The van der Waals surface area contributed by atoms with Crippen LogP contribution in [-0.4, -0.2) is 23.0 Å². The molecular formula is C12H17NO3. The van der Waals surface area contributed by atoms with E-state index in [0.717, 1.165) is 0 Å². The molecule has 1 aliphatic rings. The molecule has 0 bridgehead atoms. The van der Waals surface area contributed by atoms with Crippen LogP contribution in [-0.2, 0) is 9.59 Å². The van der Waals surface area contributed by atoms with Gasteiger partial charge in [0, 0.05) is 6.04 Å². The number of carbonyl (C=O) groups is 2. The van der Waals surface area contributed by atoms with Crippen molar-refractivity contribution in [1.82, 2.24) is 5.32 Å². The molecule has 0 spiro atoms. The lowest BCUT2D eigenvalue weighted by atomic mass is 9.84. The number of carbonyl (C=O) groups excluding carboxylic acids is 1. The van der Waals surface area contributed by atoms with Crippen molar-refractivity contribution in [3.8, 4) is 0 Å². The van der Waals surface area contributed by atoms with Gasteiger partial charge >= 0.3 is 5.97 Å². The second kappa shape index (κ2) is 5.49. The highest BCUT2D eigenvalue weighted by Crippen LogP contribution is 2.31. The van der Waals surface area contributed by atoms with E-state index >= 15 is 0 Å². The van der Waals surface area contributed by atoms with E-state index in [-0.39, 0.29) is 24.3 Å². The van der Waals surface area contributed by atoms with Gasteiger partial charge in [-0.15, -0.1) is 13.2 Å². The molecule has 0 aromatic heterocycles. The fraction of sp³-hybridized carbons (Fsp3) is 0.500. The zero-order valence-electron chi connectivity index (χ0n) is 9.19. The molecule has 0 aromatic rings. The summed E-state index contributed by atoms with van der Waals surface area (Å²) < 4.78 is 0. The summed E-state index contributed by atoms with van der Waals surface area (Å²) in [7, 11) is 0. The second-order valence-electron chi connectivity index (χ2n) is 4.03. The van der Waals surface area contributed by atoms with Gasteiger partial charge in [0.1, 0.15) is 0 Å². The van der Waals surface area contributed by atoms with Crippen molar-refractivity contribution in [1.29, 1.82) is 0 Å². The molecule has 1 fully saturated rings. The molecule has 1 aliphatic heterocycles. The molecular weight excluding hydrogens is 206 g/mol. The Labute approximate surface area is 95.0 Å². The molecule has 3 unspecified atom stereocenters. The van der Waals surface area contributed by atoms with Gasteiger partial charge in [-0.25, -0.2) is 0 Å². The van der Waals surface area contributed by atoms with Crippen LogP contribution in [0.25, 0.3) is 0 Å². The van der Waals surface area contributed by atoms with E-state index in [1.165, 1.54) is 0 Å². The number of amides is 1. The number of aliphatic carboxylic acids is 1. The van der Waals surface area contributed by atoms with E-state index in [9.17, 15) is 9.59 Å². The van der Waals surface area contributed by atoms with E-state index < -0.39 is 11.9 Å². The van der Waals surface area contributed by atoms with E-state index in [1.54, 1.807) is 12.2 Å². The van der Waals surface area contributed by atoms with Crippen LogP contribution in [0, 0.1) is 11.8 Å². The van der Waals surface area contributed by atoms with E-state index in [4.69, 9.17) is 5.11 Å². The Morgan fingerprint density at radius 2 is 2.00 bits per heavy atom. The fourth-order valence-corrected chi connectivity index (χ4v) is 2.24. The van der Waals surface area contributed by atoms with Gasteiger partial charge in [0.05, 0.1) is 12.3 Å². The third-order valence-corrected chi connectivity index (χ3v) is 2.95. The molecule has 1 heterocycles. The van der Waals surface area contributed by atoms with E-state index in [2.05, 4.69) is 18.5 Å². The minimum atomic E-state index is -0.937. The smallest absolute Gasteiger partial charge is 0.304 e. The molecule has 16 heavy (non-hydrogen) atoms. The van der Waals surface area contributed by atoms with Gasteiger partial charge in [-0.2, -0.15) is 0 Å².